The van der Waals surface area contributed by atoms with Crippen LogP contribution in [0.15, 0.2) is 67.0 Å². The zero-order valence-electron chi connectivity index (χ0n) is 21.8. The quantitative estimate of drug-likeness (QED) is 0.454. The molecule has 2 aliphatic heterocycles. The lowest BCUT2D eigenvalue weighted by atomic mass is 9.78. The first-order valence-corrected chi connectivity index (χ1v) is 13.3. The maximum absolute atomic E-state index is 14.2. The molecule has 6 rings (SSSR count). The van der Waals surface area contributed by atoms with Gasteiger partial charge < -0.3 is 19.7 Å². The van der Waals surface area contributed by atoms with Crippen molar-refractivity contribution in [2.75, 3.05) is 23.6 Å². The van der Waals surface area contributed by atoms with Gasteiger partial charge in [-0.25, -0.2) is 0 Å². The van der Waals surface area contributed by atoms with Crippen LogP contribution in [0.5, 0.6) is 11.5 Å². The van der Waals surface area contributed by atoms with E-state index in [2.05, 4.69) is 10.3 Å². The second-order valence-corrected chi connectivity index (χ2v) is 10.2. The molecule has 0 unspecified atom stereocenters. The third kappa shape index (κ3) is 4.55. The van der Waals surface area contributed by atoms with E-state index >= 15 is 0 Å². The van der Waals surface area contributed by atoms with Gasteiger partial charge in [0.15, 0.2) is 11.5 Å². The van der Waals surface area contributed by atoms with Gasteiger partial charge in [0.2, 0.25) is 18.6 Å². The first-order chi connectivity index (χ1) is 19.5. The molecule has 3 aromatic rings. The van der Waals surface area contributed by atoms with Crippen molar-refractivity contribution in [1.82, 2.24) is 9.88 Å². The van der Waals surface area contributed by atoms with Crippen molar-refractivity contribution >= 4 is 34.9 Å². The molecule has 1 saturated carbocycles. The molecule has 0 atom stereocenters. The molecule has 10 heteroatoms. The number of ether oxygens (including phenoxy) is 2. The van der Waals surface area contributed by atoms with Gasteiger partial charge in [-0.15, -0.1) is 0 Å². The molecule has 0 radical (unpaired) electrons. The average Bonchev–Trinajstić information content (AvgIpc) is 3.55. The van der Waals surface area contributed by atoms with Crippen LogP contribution in [0.2, 0.25) is 0 Å². The molecule has 0 saturated heterocycles. The summed E-state index contributed by atoms with van der Waals surface area (Å²) in [5.41, 5.74) is 0.776. The second-order valence-electron chi connectivity index (χ2n) is 10.2. The standard InChI is InChI=1S/C30H28N4O6/c35-26(18-33-23-9-3-2-8-22(23)27(36)28(33)37)34(17-20-7-6-14-31-16-20)30(12-4-1-5-13-30)29(38)32-21-10-11-24-25(15-21)40-19-39-24/h2-3,6-11,14-16H,1,4-5,12-13,17-19H2,(H,32,38). The largest absolute Gasteiger partial charge is 0.454 e. The number of nitrogens with one attached hydrogen (secondary N) is 1. The lowest BCUT2D eigenvalue weighted by Crippen LogP contribution is -2.61. The summed E-state index contributed by atoms with van der Waals surface area (Å²) in [7, 11) is 0. The molecular weight excluding hydrogens is 512 g/mol. The number of para-hydroxylation sites is 1. The van der Waals surface area contributed by atoms with Crippen LogP contribution >= 0.6 is 0 Å². The van der Waals surface area contributed by atoms with Crippen molar-refractivity contribution in [3.05, 3.63) is 78.1 Å². The Balaban J connectivity index is 1.34. The number of hydrogen-bond acceptors (Lipinski definition) is 7. The molecule has 0 spiro atoms. The van der Waals surface area contributed by atoms with Crippen LogP contribution < -0.4 is 19.7 Å². The number of Topliss-reactive ketones (excluding diaryl/α,β-unsaturated/α-hetero) is 1. The molecule has 1 N–H and O–H groups in total. The van der Waals surface area contributed by atoms with E-state index in [0.717, 1.165) is 24.8 Å². The van der Waals surface area contributed by atoms with Crippen LogP contribution in [-0.4, -0.2) is 52.3 Å². The summed E-state index contributed by atoms with van der Waals surface area (Å²) in [6.45, 7) is -0.120. The molecular formula is C30H28N4O6. The number of hydrogen-bond donors (Lipinski definition) is 1. The fourth-order valence-corrected chi connectivity index (χ4v) is 5.76. The number of rotatable bonds is 7. The molecule has 10 nitrogen and oxygen atoms in total. The van der Waals surface area contributed by atoms with Gasteiger partial charge in [0.25, 0.3) is 11.7 Å². The molecule has 204 valence electrons. The number of anilines is 2. The number of carbonyl (C=O) groups excluding carboxylic acids is 4. The highest BCUT2D eigenvalue weighted by molar-refractivity contribution is 6.52. The fourth-order valence-electron chi connectivity index (χ4n) is 5.76. The summed E-state index contributed by atoms with van der Waals surface area (Å²) in [6, 6.07) is 15.4. The summed E-state index contributed by atoms with van der Waals surface area (Å²) in [4.78, 5) is 60.8. The van der Waals surface area contributed by atoms with Crippen LogP contribution in [-0.2, 0) is 20.9 Å². The molecule has 1 aliphatic carbocycles. The minimum absolute atomic E-state index is 0.116. The maximum Gasteiger partial charge on any atom is 0.299 e. The van der Waals surface area contributed by atoms with Crippen molar-refractivity contribution in [3.8, 4) is 11.5 Å². The second kappa shape index (κ2) is 10.4. The number of pyridine rings is 1. The number of ketones is 1. The third-order valence-corrected chi connectivity index (χ3v) is 7.79. The molecule has 3 heterocycles. The van der Waals surface area contributed by atoms with Gasteiger partial charge in [-0.3, -0.25) is 29.1 Å². The lowest BCUT2D eigenvalue weighted by Gasteiger charge is -2.45. The lowest BCUT2D eigenvalue weighted by molar-refractivity contribution is -0.148. The third-order valence-electron chi connectivity index (χ3n) is 7.79. The topological polar surface area (TPSA) is 118 Å². The van der Waals surface area contributed by atoms with E-state index in [1.165, 1.54) is 4.90 Å². The number of carbonyl (C=O) groups is 4. The van der Waals surface area contributed by atoms with Gasteiger partial charge in [0, 0.05) is 30.7 Å². The Morgan fingerprint density at radius 3 is 2.58 bits per heavy atom. The number of fused-ring (bicyclic) bond motifs is 2. The molecule has 3 aliphatic rings. The number of nitrogens with zero attached hydrogens (tertiary/aromatic N) is 3. The van der Waals surface area contributed by atoms with Crippen LogP contribution in [0.25, 0.3) is 0 Å². The van der Waals surface area contributed by atoms with Crippen LogP contribution in [0, 0.1) is 0 Å². The van der Waals surface area contributed by atoms with E-state index in [1.54, 1.807) is 65.8 Å². The SMILES string of the molecule is O=C1C(=O)N(CC(=O)N(Cc2cccnc2)C2(C(=O)Nc3ccc4c(c3)OCO4)CCCCC2)c2ccccc21. The number of amides is 3. The highest BCUT2D eigenvalue weighted by Crippen LogP contribution is 2.39. The zero-order valence-corrected chi connectivity index (χ0v) is 21.8. The number of aromatic nitrogens is 1. The van der Waals surface area contributed by atoms with Crippen LogP contribution in [0.1, 0.15) is 48.0 Å². The van der Waals surface area contributed by atoms with Crippen molar-refractivity contribution in [1.29, 1.82) is 0 Å². The molecule has 1 aromatic heterocycles. The summed E-state index contributed by atoms with van der Waals surface area (Å²) >= 11 is 0. The molecule has 40 heavy (non-hydrogen) atoms. The Bertz CT molecular complexity index is 1480. The van der Waals surface area contributed by atoms with Crippen molar-refractivity contribution in [2.24, 2.45) is 0 Å². The van der Waals surface area contributed by atoms with Crippen LogP contribution in [0.3, 0.4) is 0 Å². The average molecular weight is 541 g/mol. The van der Waals surface area contributed by atoms with E-state index in [9.17, 15) is 19.2 Å². The van der Waals surface area contributed by atoms with Gasteiger partial charge in [0.05, 0.1) is 11.3 Å². The first kappa shape index (κ1) is 25.5. The van der Waals surface area contributed by atoms with Gasteiger partial charge >= 0.3 is 0 Å². The summed E-state index contributed by atoms with van der Waals surface area (Å²) in [6.07, 6.45) is 6.68. The Labute approximate surface area is 230 Å². The van der Waals surface area contributed by atoms with E-state index in [0.29, 0.717) is 35.7 Å². The minimum atomic E-state index is -1.17. The van der Waals surface area contributed by atoms with Crippen molar-refractivity contribution in [3.63, 3.8) is 0 Å². The van der Waals surface area contributed by atoms with Gasteiger partial charge in [-0.2, -0.15) is 0 Å². The summed E-state index contributed by atoms with van der Waals surface area (Å²) in [5, 5.41) is 3.01. The molecule has 1 fully saturated rings. The molecule has 3 amide bonds. The first-order valence-electron chi connectivity index (χ1n) is 13.3. The molecule has 2 aromatic carbocycles. The van der Waals surface area contributed by atoms with E-state index in [-0.39, 0.29) is 31.4 Å². The highest BCUT2D eigenvalue weighted by Gasteiger charge is 2.48. The van der Waals surface area contributed by atoms with E-state index in [4.69, 9.17) is 9.47 Å². The molecule has 0 bridgehead atoms. The van der Waals surface area contributed by atoms with Crippen LogP contribution in [0.4, 0.5) is 11.4 Å². The van der Waals surface area contributed by atoms with Gasteiger partial charge in [-0.05, 0) is 48.7 Å². The van der Waals surface area contributed by atoms with Gasteiger partial charge in [0.1, 0.15) is 12.1 Å². The Kier molecular flexibility index (Phi) is 6.67. The van der Waals surface area contributed by atoms with Gasteiger partial charge in [-0.1, -0.05) is 37.5 Å². The summed E-state index contributed by atoms with van der Waals surface area (Å²) < 4.78 is 10.9. The monoisotopic (exact) mass is 540 g/mol. The maximum atomic E-state index is 14.2. The predicted molar refractivity (Wildman–Crippen MR) is 145 cm³/mol. The zero-order chi connectivity index (χ0) is 27.7. The minimum Gasteiger partial charge on any atom is -0.454 e. The fraction of sp³-hybridized carbons (Fsp3) is 0.300. The smallest absolute Gasteiger partial charge is 0.299 e. The van der Waals surface area contributed by atoms with E-state index < -0.39 is 23.1 Å². The van der Waals surface area contributed by atoms with Crippen molar-refractivity contribution < 1.29 is 28.7 Å². The van der Waals surface area contributed by atoms with Crippen molar-refractivity contribution in [2.45, 2.75) is 44.2 Å². The Morgan fingerprint density at radius 1 is 0.975 bits per heavy atom. The number of benzene rings is 2. The highest BCUT2D eigenvalue weighted by atomic mass is 16.7. The Morgan fingerprint density at radius 2 is 1.77 bits per heavy atom. The summed E-state index contributed by atoms with van der Waals surface area (Å²) in [5.74, 6) is -0.996. The van der Waals surface area contributed by atoms with E-state index in [1.807, 2.05) is 6.07 Å². The Hall–Kier alpha value is -4.73. The normalized spacial score (nSPS) is 16.9. The predicted octanol–water partition coefficient (Wildman–Crippen LogP) is 3.71.